The molecule has 3 aromatic heterocycles. The number of furan rings is 1. The number of allylic oxidation sites excluding steroid dienone is 1. The first-order valence-corrected chi connectivity index (χ1v) is 17.7. The van der Waals surface area contributed by atoms with Crippen LogP contribution in [0.4, 0.5) is 0 Å². The standard InChI is InChI=1S/C47H35N3O/c1-28-14-7-8-17-32(28)33-20-13-21-34(29(33)2)35-24-26-38-36(30(35)3)25-27-39-37-18-9-11-22-41(37)50(45(38)39)47-48-43(31-15-5-4-6-16-31)46-44(49-47)40-19-10-12-23-42(40)51-46/h4-10,12-21,23-27H,11,22H2,1-3H3. The molecule has 0 bridgehead atoms. The van der Waals surface area contributed by atoms with Gasteiger partial charge in [0.05, 0.1) is 5.52 Å². The maximum atomic E-state index is 6.46. The molecule has 0 atom stereocenters. The zero-order valence-electron chi connectivity index (χ0n) is 28.9. The van der Waals surface area contributed by atoms with Crippen molar-refractivity contribution in [2.75, 3.05) is 0 Å². The van der Waals surface area contributed by atoms with Gasteiger partial charge in [0.1, 0.15) is 16.8 Å². The molecule has 4 heteroatoms. The van der Waals surface area contributed by atoms with Crippen LogP contribution in [0.1, 0.15) is 34.4 Å². The lowest BCUT2D eigenvalue weighted by Crippen LogP contribution is -2.08. The van der Waals surface area contributed by atoms with Crippen LogP contribution >= 0.6 is 0 Å². The molecule has 10 rings (SSSR count). The number of hydrogen-bond donors (Lipinski definition) is 0. The molecule has 1 aliphatic carbocycles. The third kappa shape index (κ3) is 4.46. The van der Waals surface area contributed by atoms with E-state index >= 15 is 0 Å². The Morgan fingerprint density at radius 3 is 2.16 bits per heavy atom. The molecule has 0 unspecified atom stereocenters. The summed E-state index contributed by atoms with van der Waals surface area (Å²) in [7, 11) is 0. The Bertz CT molecular complexity index is 2890. The number of hydrogen-bond acceptors (Lipinski definition) is 3. The Balaban J connectivity index is 1.25. The van der Waals surface area contributed by atoms with E-state index in [0.717, 1.165) is 46.1 Å². The quantitative estimate of drug-likeness (QED) is 0.189. The van der Waals surface area contributed by atoms with Crippen molar-refractivity contribution >= 4 is 49.8 Å². The number of para-hydroxylation sites is 1. The summed E-state index contributed by atoms with van der Waals surface area (Å²) in [6.07, 6.45) is 6.47. The highest BCUT2D eigenvalue weighted by Gasteiger charge is 2.25. The molecule has 0 radical (unpaired) electrons. The van der Waals surface area contributed by atoms with E-state index in [4.69, 9.17) is 14.4 Å². The summed E-state index contributed by atoms with van der Waals surface area (Å²) in [6, 6.07) is 43.1. The monoisotopic (exact) mass is 657 g/mol. The Hall–Kier alpha value is -6.26. The second-order valence-corrected chi connectivity index (χ2v) is 13.7. The van der Waals surface area contributed by atoms with E-state index in [0.29, 0.717) is 11.5 Å². The van der Waals surface area contributed by atoms with Crippen molar-refractivity contribution in [2.45, 2.75) is 33.6 Å². The molecule has 0 spiro atoms. The van der Waals surface area contributed by atoms with Crippen molar-refractivity contribution in [2.24, 2.45) is 0 Å². The third-order valence-corrected chi connectivity index (χ3v) is 10.9. The van der Waals surface area contributed by atoms with E-state index in [-0.39, 0.29) is 0 Å². The largest absolute Gasteiger partial charge is 0.452 e. The summed E-state index contributed by atoms with van der Waals surface area (Å²) < 4.78 is 8.80. The Morgan fingerprint density at radius 1 is 0.588 bits per heavy atom. The van der Waals surface area contributed by atoms with Gasteiger partial charge in [-0.05, 0) is 90.1 Å². The van der Waals surface area contributed by atoms with E-state index in [1.54, 1.807) is 0 Å². The summed E-state index contributed by atoms with van der Waals surface area (Å²) in [5.41, 5.74) is 16.7. The lowest BCUT2D eigenvalue weighted by atomic mass is 9.88. The van der Waals surface area contributed by atoms with Crippen LogP contribution in [0.15, 0.2) is 132 Å². The predicted molar refractivity (Wildman–Crippen MR) is 212 cm³/mol. The molecule has 9 aromatic rings. The first kappa shape index (κ1) is 29.6. The van der Waals surface area contributed by atoms with Crippen LogP contribution in [-0.2, 0) is 6.42 Å². The first-order chi connectivity index (χ1) is 25.1. The Labute approximate surface area is 296 Å². The topological polar surface area (TPSA) is 43.9 Å². The molecule has 0 saturated heterocycles. The first-order valence-electron chi connectivity index (χ1n) is 17.7. The molecule has 0 N–H and O–H groups in total. The molecule has 244 valence electrons. The lowest BCUT2D eigenvalue weighted by Gasteiger charge is -2.17. The van der Waals surface area contributed by atoms with Crippen LogP contribution in [0, 0.1) is 20.8 Å². The van der Waals surface area contributed by atoms with Crippen LogP contribution in [-0.4, -0.2) is 14.5 Å². The summed E-state index contributed by atoms with van der Waals surface area (Å²) in [4.78, 5) is 10.7. The zero-order valence-corrected chi connectivity index (χ0v) is 28.9. The average molecular weight is 658 g/mol. The maximum Gasteiger partial charge on any atom is 0.235 e. The number of aryl methyl sites for hydroxylation is 2. The van der Waals surface area contributed by atoms with Gasteiger partial charge in [-0.2, -0.15) is 0 Å². The normalized spacial score (nSPS) is 12.8. The van der Waals surface area contributed by atoms with Crippen LogP contribution < -0.4 is 0 Å². The number of fused-ring (bicyclic) bond motifs is 8. The fourth-order valence-corrected chi connectivity index (χ4v) is 8.34. The second-order valence-electron chi connectivity index (χ2n) is 13.7. The van der Waals surface area contributed by atoms with E-state index in [2.05, 4.69) is 135 Å². The smallest absolute Gasteiger partial charge is 0.235 e. The molecule has 1 aliphatic rings. The highest BCUT2D eigenvalue weighted by Crippen LogP contribution is 2.43. The SMILES string of the molecule is Cc1ccccc1-c1cccc(-c2ccc3c(ccc4c5c(n(-c6nc(-c7ccccc7)c7oc8ccccc8c7n6)c43)CCC=C5)c2C)c1C. The molecule has 3 heterocycles. The maximum absolute atomic E-state index is 6.46. The minimum atomic E-state index is 0.672. The molecule has 0 amide bonds. The minimum Gasteiger partial charge on any atom is -0.452 e. The van der Waals surface area contributed by atoms with E-state index in [1.165, 1.54) is 66.4 Å². The van der Waals surface area contributed by atoms with Crippen LogP contribution in [0.25, 0.3) is 89.3 Å². The van der Waals surface area contributed by atoms with Crippen LogP contribution in [0.2, 0.25) is 0 Å². The number of benzene rings is 6. The van der Waals surface area contributed by atoms with Gasteiger partial charge in [0.15, 0.2) is 5.58 Å². The highest BCUT2D eigenvalue weighted by molar-refractivity contribution is 6.13. The van der Waals surface area contributed by atoms with Crippen molar-refractivity contribution < 1.29 is 4.42 Å². The van der Waals surface area contributed by atoms with Gasteiger partial charge in [0.2, 0.25) is 5.95 Å². The number of nitrogens with zero attached hydrogens (tertiary/aromatic N) is 3. The van der Waals surface area contributed by atoms with Gasteiger partial charge in [-0.25, -0.2) is 9.97 Å². The average Bonchev–Trinajstić information content (AvgIpc) is 3.72. The van der Waals surface area contributed by atoms with Gasteiger partial charge in [-0.1, -0.05) is 121 Å². The molecule has 51 heavy (non-hydrogen) atoms. The van der Waals surface area contributed by atoms with Gasteiger partial charge in [0, 0.05) is 33.0 Å². The van der Waals surface area contributed by atoms with Crippen LogP contribution in [0.3, 0.4) is 0 Å². The zero-order chi connectivity index (χ0) is 34.2. The Kier molecular flexibility index (Phi) is 6.62. The van der Waals surface area contributed by atoms with Crippen molar-refractivity contribution in [3.05, 3.63) is 155 Å². The summed E-state index contributed by atoms with van der Waals surface area (Å²) in [6.45, 7) is 6.72. The van der Waals surface area contributed by atoms with Crippen LogP contribution in [0.5, 0.6) is 0 Å². The van der Waals surface area contributed by atoms with Crippen molar-refractivity contribution in [3.63, 3.8) is 0 Å². The van der Waals surface area contributed by atoms with Crippen molar-refractivity contribution in [1.82, 2.24) is 14.5 Å². The van der Waals surface area contributed by atoms with Crippen molar-refractivity contribution in [3.8, 4) is 39.5 Å². The second kappa shape index (κ2) is 11.4. The van der Waals surface area contributed by atoms with E-state index in [9.17, 15) is 0 Å². The number of aromatic nitrogens is 3. The molecule has 4 nitrogen and oxygen atoms in total. The van der Waals surface area contributed by atoms with Gasteiger partial charge < -0.3 is 4.42 Å². The lowest BCUT2D eigenvalue weighted by molar-refractivity contribution is 0.666. The summed E-state index contributed by atoms with van der Waals surface area (Å²) >= 11 is 0. The Morgan fingerprint density at radius 2 is 1.29 bits per heavy atom. The highest BCUT2D eigenvalue weighted by atomic mass is 16.3. The fraction of sp³-hybridized carbons (Fsp3) is 0.106. The molecular formula is C47H35N3O. The fourth-order valence-electron chi connectivity index (χ4n) is 8.34. The predicted octanol–water partition coefficient (Wildman–Crippen LogP) is 12.4. The third-order valence-electron chi connectivity index (χ3n) is 10.9. The van der Waals surface area contributed by atoms with Crippen molar-refractivity contribution in [1.29, 1.82) is 0 Å². The molecule has 0 aliphatic heterocycles. The van der Waals surface area contributed by atoms with Gasteiger partial charge in [0.25, 0.3) is 0 Å². The summed E-state index contributed by atoms with van der Waals surface area (Å²) in [5, 5.41) is 4.65. The van der Waals surface area contributed by atoms with E-state index in [1.807, 2.05) is 24.3 Å². The molecule has 0 fully saturated rings. The molecule has 0 saturated carbocycles. The minimum absolute atomic E-state index is 0.672. The summed E-state index contributed by atoms with van der Waals surface area (Å²) in [5.74, 6) is 0.672. The van der Waals surface area contributed by atoms with Gasteiger partial charge in [-0.15, -0.1) is 0 Å². The number of rotatable bonds is 4. The van der Waals surface area contributed by atoms with E-state index < -0.39 is 0 Å². The molecule has 6 aromatic carbocycles. The van der Waals surface area contributed by atoms with Gasteiger partial charge in [-0.3, -0.25) is 4.57 Å². The van der Waals surface area contributed by atoms with Gasteiger partial charge >= 0.3 is 0 Å². The molecular weight excluding hydrogens is 623 g/mol.